The molecule has 2 aromatic carbocycles. The summed E-state index contributed by atoms with van der Waals surface area (Å²) >= 11 is 0.951. The second kappa shape index (κ2) is 7.67. The van der Waals surface area contributed by atoms with Crippen LogP contribution in [0, 0.1) is 6.92 Å². The molecular formula is C19H16F3N3O2S. The van der Waals surface area contributed by atoms with Crippen LogP contribution in [0.5, 0.6) is 0 Å². The first-order chi connectivity index (χ1) is 13.2. The van der Waals surface area contributed by atoms with Crippen LogP contribution in [0.3, 0.4) is 0 Å². The number of hydrogen-bond donors (Lipinski definition) is 2. The second-order valence-corrected chi connectivity index (χ2v) is 7.14. The van der Waals surface area contributed by atoms with Crippen molar-refractivity contribution in [2.24, 2.45) is 4.99 Å². The minimum atomic E-state index is -5.11. The number of amidine groups is 1. The van der Waals surface area contributed by atoms with Crippen LogP contribution in [-0.4, -0.2) is 28.8 Å². The molecule has 5 nitrogen and oxygen atoms in total. The number of amides is 2. The van der Waals surface area contributed by atoms with Crippen molar-refractivity contribution in [1.29, 1.82) is 0 Å². The zero-order chi connectivity index (χ0) is 20.4. The molecule has 0 spiro atoms. The molecule has 2 N–H and O–H groups in total. The van der Waals surface area contributed by atoms with Gasteiger partial charge in [0.05, 0.1) is 0 Å². The third-order valence-corrected chi connectivity index (χ3v) is 4.97. The largest absolute Gasteiger partial charge is 0.442 e. The third-order valence-electron chi connectivity index (χ3n) is 4.02. The average molecular weight is 407 g/mol. The number of alkyl halides is 3. The third kappa shape index (κ3) is 4.04. The Morgan fingerprint density at radius 1 is 1.18 bits per heavy atom. The second-order valence-electron chi connectivity index (χ2n) is 6.18. The summed E-state index contributed by atoms with van der Waals surface area (Å²) in [6, 6.07) is 15.1. The lowest BCUT2D eigenvalue weighted by molar-refractivity contribution is -0.192. The van der Waals surface area contributed by atoms with Gasteiger partial charge in [-0.1, -0.05) is 59.8 Å². The lowest BCUT2D eigenvalue weighted by Crippen LogP contribution is -2.63. The first kappa shape index (κ1) is 19.9. The van der Waals surface area contributed by atoms with E-state index >= 15 is 0 Å². The van der Waals surface area contributed by atoms with E-state index in [0.717, 1.165) is 17.3 Å². The van der Waals surface area contributed by atoms with Gasteiger partial charge in [0.1, 0.15) is 0 Å². The highest BCUT2D eigenvalue weighted by molar-refractivity contribution is 8.13. The normalized spacial score (nSPS) is 19.1. The fourth-order valence-electron chi connectivity index (χ4n) is 2.58. The maximum absolute atomic E-state index is 13.8. The summed E-state index contributed by atoms with van der Waals surface area (Å²) in [6.07, 6.45) is -5.11. The number of nitrogens with zero attached hydrogens (tertiary/aromatic N) is 1. The lowest BCUT2D eigenvalue weighted by atomic mass is 10.1. The molecule has 146 valence electrons. The van der Waals surface area contributed by atoms with E-state index in [4.69, 9.17) is 0 Å². The fraction of sp³-hybridized carbons (Fsp3) is 0.211. The molecule has 0 aliphatic carbocycles. The molecule has 1 heterocycles. The smallest absolute Gasteiger partial charge is 0.312 e. The minimum absolute atomic E-state index is 0.0111. The molecule has 1 aliphatic rings. The van der Waals surface area contributed by atoms with Gasteiger partial charge in [0.25, 0.3) is 11.8 Å². The molecule has 2 amide bonds. The summed E-state index contributed by atoms with van der Waals surface area (Å²) < 4.78 is 41.3. The fourth-order valence-corrected chi connectivity index (χ4v) is 3.45. The van der Waals surface area contributed by atoms with Crippen molar-refractivity contribution in [2.45, 2.75) is 24.5 Å². The number of benzene rings is 2. The molecule has 0 bridgehead atoms. The number of aryl methyl sites for hydroxylation is 1. The van der Waals surface area contributed by atoms with Gasteiger partial charge in [-0.2, -0.15) is 13.2 Å². The predicted octanol–water partition coefficient (Wildman–Crippen LogP) is 3.40. The van der Waals surface area contributed by atoms with E-state index < -0.39 is 23.7 Å². The standard InChI is InChI=1S/C19H16F3N3O2S/c1-12-6-5-9-14(10-12)15(26)24-18(19(20,21)22)16(27)23-17(25-18)28-11-13-7-3-2-4-8-13/h2-10H,11H2,1H3,(H,24,26)(H,23,25,27). The van der Waals surface area contributed by atoms with Crippen LogP contribution in [0.2, 0.25) is 0 Å². The van der Waals surface area contributed by atoms with Gasteiger partial charge in [0.2, 0.25) is 0 Å². The molecule has 0 saturated carbocycles. The molecule has 1 unspecified atom stereocenters. The summed E-state index contributed by atoms with van der Waals surface area (Å²) in [6.45, 7) is 1.70. The van der Waals surface area contributed by atoms with Gasteiger partial charge in [0.15, 0.2) is 5.17 Å². The number of nitrogens with one attached hydrogen (secondary N) is 2. The Kier molecular flexibility index (Phi) is 5.46. The van der Waals surface area contributed by atoms with Crippen LogP contribution in [0.15, 0.2) is 59.6 Å². The maximum Gasteiger partial charge on any atom is 0.442 e. The minimum Gasteiger partial charge on any atom is -0.312 e. The summed E-state index contributed by atoms with van der Waals surface area (Å²) in [7, 11) is 0. The van der Waals surface area contributed by atoms with E-state index in [-0.39, 0.29) is 10.7 Å². The van der Waals surface area contributed by atoms with Crippen LogP contribution < -0.4 is 10.6 Å². The van der Waals surface area contributed by atoms with E-state index in [1.807, 2.05) is 6.07 Å². The quantitative estimate of drug-likeness (QED) is 0.816. The van der Waals surface area contributed by atoms with E-state index in [0.29, 0.717) is 11.3 Å². The van der Waals surface area contributed by atoms with Crippen molar-refractivity contribution in [1.82, 2.24) is 10.6 Å². The number of rotatable bonds is 4. The first-order valence-electron chi connectivity index (χ1n) is 8.25. The molecule has 9 heteroatoms. The Balaban J connectivity index is 1.85. The molecule has 0 aromatic heterocycles. The van der Waals surface area contributed by atoms with Gasteiger partial charge in [0, 0.05) is 11.3 Å². The van der Waals surface area contributed by atoms with Crippen LogP contribution >= 0.6 is 11.8 Å². The van der Waals surface area contributed by atoms with E-state index in [1.54, 1.807) is 48.6 Å². The van der Waals surface area contributed by atoms with Crippen LogP contribution in [0.1, 0.15) is 21.5 Å². The van der Waals surface area contributed by atoms with Gasteiger partial charge in [-0.05, 0) is 24.6 Å². The Hall–Kier alpha value is -2.81. The average Bonchev–Trinajstić information content (AvgIpc) is 2.97. The monoisotopic (exact) mass is 407 g/mol. The van der Waals surface area contributed by atoms with Crippen molar-refractivity contribution >= 4 is 28.7 Å². The van der Waals surface area contributed by atoms with Crippen molar-refractivity contribution in [3.05, 3.63) is 71.3 Å². The number of thioether (sulfide) groups is 1. The van der Waals surface area contributed by atoms with Crippen LogP contribution in [0.4, 0.5) is 13.2 Å². The highest BCUT2D eigenvalue weighted by Crippen LogP contribution is 2.36. The van der Waals surface area contributed by atoms with Gasteiger partial charge in [-0.3, -0.25) is 9.59 Å². The molecule has 0 radical (unpaired) electrons. The van der Waals surface area contributed by atoms with Crippen LogP contribution in [-0.2, 0) is 10.5 Å². The van der Waals surface area contributed by atoms with E-state index in [9.17, 15) is 22.8 Å². The molecule has 3 rings (SSSR count). The van der Waals surface area contributed by atoms with Gasteiger partial charge >= 0.3 is 11.8 Å². The summed E-state index contributed by atoms with van der Waals surface area (Å²) in [5.41, 5.74) is -1.78. The topological polar surface area (TPSA) is 70.6 Å². The Labute approximate surface area is 163 Å². The summed E-state index contributed by atoms with van der Waals surface area (Å²) in [5.74, 6) is -2.15. The van der Waals surface area contributed by atoms with Gasteiger partial charge < -0.3 is 10.6 Å². The summed E-state index contributed by atoms with van der Waals surface area (Å²) in [5, 5.41) is 3.71. The van der Waals surface area contributed by atoms with E-state index in [1.165, 1.54) is 12.1 Å². The molecule has 1 atom stereocenters. The highest BCUT2D eigenvalue weighted by Gasteiger charge is 2.65. The predicted molar refractivity (Wildman–Crippen MR) is 101 cm³/mol. The molecule has 28 heavy (non-hydrogen) atoms. The number of carbonyl (C=O) groups excluding carboxylic acids is 2. The molecular weight excluding hydrogens is 391 g/mol. The lowest BCUT2D eigenvalue weighted by Gasteiger charge is -2.27. The van der Waals surface area contributed by atoms with Crippen molar-refractivity contribution < 1.29 is 22.8 Å². The van der Waals surface area contributed by atoms with Crippen molar-refractivity contribution in [3.8, 4) is 0 Å². The number of aliphatic imine (C=N–C) groups is 1. The maximum atomic E-state index is 13.8. The molecule has 2 aromatic rings. The Morgan fingerprint density at radius 2 is 1.89 bits per heavy atom. The SMILES string of the molecule is Cc1cccc(C(=O)NC2(C(F)(F)F)N=C(SCc3ccccc3)NC2=O)c1. The molecule has 0 saturated heterocycles. The first-order valence-corrected chi connectivity index (χ1v) is 9.24. The Morgan fingerprint density at radius 3 is 2.54 bits per heavy atom. The Bertz CT molecular complexity index is 932. The molecule has 0 fully saturated rings. The highest BCUT2D eigenvalue weighted by atomic mass is 32.2. The number of hydrogen-bond acceptors (Lipinski definition) is 4. The number of carbonyl (C=O) groups is 2. The van der Waals surface area contributed by atoms with Crippen LogP contribution in [0.25, 0.3) is 0 Å². The van der Waals surface area contributed by atoms with Gasteiger partial charge in [-0.25, -0.2) is 4.99 Å². The van der Waals surface area contributed by atoms with Crippen molar-refractivity contribution in [2.75, 3.05) is 0 Å². The molecule has 1 aliphatic heterocycles. The number of halogens is 3. The zero-order valence-electron chi connectivity index (χ0n) is 14.7. The zero-order valence-corrected chi connectivity index (χ0v) is 15.5. The van der Waals surface area contributed by atoms with E-state index in [2.05, 4.69) is 10.3 Å². The van der Waals surface area contributed by atoms with Crippen molar-refractivity contribution in [3.63, 3.8) is 0 Å². The van der Waals surface area contributed by atoms with Gasteiger partial charge in [-0.15, -0.1) is 0 Å². The summed E-state index contributed by atoms with van der Waals surface area (Å²) in [4.78, 5) is 28.1.